The molecule has 1 fully saturated rings. The van der Waals surface area contributed by atoms with E-state index in [4.69, 9.17) is 14.5 Å². The fraction of sp³-hybridized carbons (Fsp3) is 0.364. The molecule has 1 aliphatic rings. The molecular weight excluding hydrogens is 372 g/mol. The van der Waals surface area contributed by atoms with Crippen molar-refractivity contribution in [3.05, 3.63) is 53.1 Å². The largest absolute Gasteiger partial charge is 0.494 e. The number of hydrogen-bond acceptors (Lipinski definition) is 5. The minimum Gasteiger partial charge on any atom is -0.494 e. The molecule has 1 unspecified atom stereocenters. The van der Waals surface area contributed by atoms with Crippen molar-refractivity contribution in [3.63, 3.8) is 0 Å². The van der Waals surface area contributed by atoms with E-state index in [-0.39, 0.29) is 12.0 Å². The maximum absolute atomic E-state index is 13.4. The molecule has 0 aliphatic carbocycles. The van der Waals surface area contributed by atoms with Crippen LogP contribution >= 0.6 is 11.3 Å². The lowest BCUT2D eigenvalue weighted by Crippen LogP contribution is -2.37. The highest BCUT2D eigenvalue weighted by Gasteiger charge is 2.27. The SMILES string of the molecule is COc1cccc2sc(N(CC3CCCO3)C(=O)c3ccc(C)c(C)c3)nc12. The average molecular weight is 397 g/mol. The van der Waals surface area contributed by atoms with E-state index in [1.54, 1.807) is 12.0 Å². The number of benzene rings is 2. The first-order chi connectivity index (χ1) is 13.6. The molecule has 1 atom stereocenters. The van der Waals surface area contributed by atoms with E-state index >= 15 is 0 Å². The van der Waals surface area contributed by atoms with Crippen LogP contribution in [0.2, 0.25) is 0 Å². The molecule has 2 heterocycles. The summed E-state index contributed by atoms with van der Waals surface area (Å²) in [6.45, 7) is 5.34. The van der Waals surface area contributed by atoms with Gasteiger partial charge in [-0.2, -0.15) is 0 Å². The zero-order chi connectivity index (χ0) is 19.7. The van der Waals surface area contributed by atoms with Gasteiger partial charge in [-0.3, -0.25) is 9.69 Å². The molecule has 1 saturated heterocycles. The van der Waals surface area contributed by atoms with Gasteiger partial charge in [0.2, 0.25) is 0 Å². The second kappa shape index (κ2) is 7.89. The van der Waals surface area contributed by atoms with E-state index < -0.39 is 0 Å². The molecule has 1 aliphatic heterocycles. The topological polar surface area (TPSA) is 51.7 Å². The van der Waals surface area contributed by atoms with Crippen LogP contribution in [0.5, 0.6) is 5.75 Å². The lowest BCUT2D eigenvalue weighted by Gasteiger charge is -2.23. The highest BCUT2D eigenvalue weighted by atomic mass is 32.1. The summed E-state index contributed by atoms with van der Waals surface area (Å²) >= 11 is 1.51. The number of hydrogen-bond donors (Lipinski definition) is 0. The molecule has 6 heteroatoms. The Balaban J connectivity index is 1.74. The summed E-state index contributed by atoms with van der Waals surface area (Å²) in [6.07, 6.45) is 2.04. The van der Waals surface area contributed by atoms with Crippen LogP contribution in [-0.2, 0) is 4.74 Å². The number of nitrogens with zero attached hydrogens (tertiary/aromatic N) is 2. The van der Waals surface area contributed by atoms with Gasteiger partial charge in [0.15, 0.2) is 5.13 Å². The summed E-state index contributed by atoms with van der Waals surface area (Å²) in [4.78, 5) is 20.0. The quantitative estimate of drug-likeness (QED) is 0.625. The van der Waals surface area contributed by atoms with Gasteiger partial charge in [-0.05, 0) is 62.1 Å². The van der Waals surface area contributed by atoms with Gasteiger partial charge in [0.25, 0.3) is 5.91 Å². The molecule has 28 heavy (non-hydrogen) atoms. The monoisotopic (exact) mass is 396 g/mol. The molecule has 0 radical (unpaired) electrons. The third-order valence-electron chi connectivity index (χ3n) is 5.23. The summed E-state index contributed by atoms with van der Waals surface area (Å²) in [5.74, 6) is 0.673. The first kappa shape index (κ1) is 18.9. The van der Waals surface area contributed by atoms with Crippen LogP contribution < -0.4 is 9.64 Å². The van der Waals surface area contributed by atoms with Gasteiger partial charge in [0.1, 0.15) is 11.3 Å². The van der Waals surface area contributed by atoms with E-state index in [9.17, 15) is 4.79 Å². The number of thiazole rings is 1. The van der Waals surface area contributed by atoms with Crippen molar-refractivity contribution in [2.45, 2.75) is 32.8 Å². The van der Waals surface area contributed by atoms with Crippen molar-refractivity contribution in [2.24, 2.45) is 0 Å². The summed E-state index contributed by atoms with van der Waals surface area (Å²) in [5.41, 5.74) is 3.74. The molecule has 5 nitrogen and oxygen atoms in total. The molecule has 0 N–H and O–H groups in total. The molecule has 0 bridgehead atoms. The number of methoxy groups -OCH3 is 1. The summed E-state index contributed by atoms with van der Waals surface area (Å²) in [7, 11) is 1.64. The maximum Gasteiger partial charge on any atom is 0.260 e. The smallest absolute Gasteiger partial charge is 0.260 e. The minimum absolute atomic E-state index is 0.0448. The van der Waals surface area contributed by atoms with Gasteiger partial charge in [-0.15, -0.1) is 0 Å². The number of fused-ring (bicyclic) bond motifs is 1. The first-order valence-corrected chi connectivity index (χ1v) is 10.3. The van der Waals surface area contributed by atoms with Crippen molar-refractivity contribution in [1.82, 2.24) is 4.98 Å². The van der Waals surface area contributed by atoms with Gasteiger partial charge >= 0.3 is 0 Å². The van der Waals surface area contributed by atoms with E-state index in [0.29, 0.717) is 17.2 Å². The van der Waals surface area contributed by atoms with Crippen molar-refractivity contribution in [2.75, 3.05) is 25.2 Å². The van der Waals surface area contributed by atoms with Gasteiger partial charge in [0, 0.05) is 12.2 Å². The number of para-hydroxylation sites is 1. The van der Waals surface area contributed by atoms with E-state index in [1.165, 1.54) is 16.9 Å². The zero-order valence-corrected chi connectivity index (χ0v) is 17.2. The van der Waals surface area contributed by atoms with E-state index in [0.717, 1.165) is 41.0 Å². The third-order valence-corrected chi connectivity index (χ3v) is 6.27. The number of ether oxygens (including phenoxy) is 2. The highest BCUT2D eigenvalue weighted by Crippen LogP contribution is 2.35. The number of rotatable bonds is 5. The molecular formula is C22H24N2O3S. The summed E-state index contributed by atoms with van der Waals surface area (Å²) in [6, 6.07) is 11.7. The van der Waals surface area contributed by atoms with Gasteiger partial charge < -0.3 is 9.47 Å². The van der Waals surface area contributed by atoms with E-state index in [2.05, 4.69) is 0 Å². The van der Waals surface area contributed by atoms with Crippen molar-refractivity contribution >= 4 is 32.6 Å². The average Bonchev–Trinajstić information content (AvgIpc) is 3.36. The number of aromatic nitrogens is 1. The van der Waals surface area contributed by atoms with Crippen LogP contribution in [0.1, 0.15) is 34.3 Å². The van der Waals surface area contributed by atoms with Crippen LogP contribution in [0.25, 0.3) is 10.2 Å². The van der Waals surface area contributed by atoms with Crippen LogP contribution in [0.4, 0.5) is 5.13 Å². The molecule has 3 aromatic rings. The van der Waals surface area contributed by atoms with E-state index in [1.807, 2.05) is 50.2 Å². The van der Waals surface area contributed by atoms with Crippen LogP contribution in [0.15, 0.2) is 36.4 Å². The standard InChI is InChI=1S/C22H24N2O3S/c1-14-9-10-16(12-15(14)2)21(25)24(13-17-6-5-11-27-17)22-23-20-18(26-3)7-4-8-19(20)28-22/h4,7-10,12,17H,5-6,11,13H2,1-3H3. The highest BCUT2D eigenvalue weighted by molar-refractivity contribution is 7.22. The van der Waals surface area contributed by atoms with Crippen molar-refractivity contribution in [1.29, 1.82) is 0 Å². The van der Waals surface area contributed by atoms with Gasteiger partial charge in [-0.25, -0.2) is 4.98 Å². The Kier molecular flexibility index (Phi) is 5.33. The fourth-order valence-corrected chi connectivity index (χ4v) is 4.45. The molecule has 1 amide bonds. The number of amides is 1. The second-order valence-corrected chi connectivity index (χ2v) is 8.16. The second-order valence-electron chi connectivity index (χ2n) is 7.15. The molecule has 0 saturated carbocycles. The molecule has 1 aromatic heterocycles. The summed E-state index contributed by atoms with van der Waals surface area (Å²) < 4.78 is 12.3. The minimum atomic E-state index is -0.0448. The number of aryl methyl sites for hydroxylation is 2. The first-order valence-electron chi connectivity index (χ1n) is 9.51. The molecule has 0 spiro atoms. The maximum atomic E-state index is 13.4. The van der Waals surface area contributed by atoms with Crippen LogP contribution in [0.3, 0.4) is 0 Å². The zero-order valence-electron chi connectivity index (χ0n) is 16.4. The third kappa shape index (κ3) is 3.62. The van der Waals surface area contributed by atoms with Crippen molar-refractivity contribution in [3.8, 4) is 5.75 Å². The van der Waals surface area contributed by atoms with Gasteiger partial charge in [0.05, 0.1) is 24.5 Å². The Morgan fingerprint density at radius 1 is 1.29 bits per heavy atom. The molecule has 146 valence electrons. The van der Waals surface area contributed by atoms with Crippen LogP contribution in [0, 0.1) is 13.8 Å². The Bertz CT molecular complexity index is 1010. The Morgan fingerprint density at radius 2 is 2.14 bits per heavy atom. The normalized spacial score (nSPS) is 16.5. The van der Waals surface area contributed by atoms with Crippen LogP contribution in [-0.4, -0.2) is 37.3 Å². The lowest BCUT2D eigenvalue weighted by atomic mass is 10.1. The Labute approximate surface area is 168 Å². The number of anilines is 1. The van der Waals surface area contributed by atoms with Crippen molar-refractivity contribution < 1.29 is 14.3 Å². The van der Waals surface area contributed by atoms with Gasteiger partial charge in [-0.1, -0.05) is 23.5 Å². The fourth-order valence-electron chi connectivity index (χ4n) is 3.46. The summed E-state index contributed by atoms with van der Waals surface area (Å²) in [5, 5.41) is 0.679. The lowest BCUT2D eigenvalue weighted by molar-refractivity contribution is 0.0917. The molecule has 4 rings (SSSR count). The Hall–Kier alpha value is -2.44. The molecule has 2 aromatic carbocycles. The predicted octanol–water partition coefficient (Wildman–Crippen LogP) is 4.75. The number of carbonyl (C=O) groups is 1. The predicted molar refractivity (Wildman–Crippen MR) is 113 cm³/mol. The number of carbonyl (C=O) groups excluding carboxylic acids is 1. The Morgan fingerprint density at radius 3 is 2.86 bits per heavy atom.